The minimum absolute atomic E-state index is 0.0920. The van der Waals surface area contributed by atoms with E-state index in [4.69, 9.17) is 6.42 Å². The van der Waals surface area contributed by atoms with Crippen LogP contribution in [0.15, 0.2) is 36.4 Å². The predicted molar refractivity (Wildman–Crippen MR) is 56.9 cm³/mol. The standard InChI is InChI=1S/C13H7F3/c1-2-10-11-6-4-3-5-9(11)7-8-12(10)13(14,15)16/h1,3-8H. The third-order valence-electron chi connectivity index (χ3n) is 2.38. The molecule has 0 aliphatic carbocycles. The topological polar surface area (TPSA) is 0 Å². The van der Waals surface area contributed by atoms with Crippen LogP contribution in [0.4, 0.5) is 13.2 Å². The highest BCUT2D eigenvalue weighted by Crippen LogP contribution is 2.34. The van der Waals surface area contributed by atoms with Crippen molar-refractivity contribution in [1.82, 2.24) is 0 Å². The summed E-state index contributed by atoms with van der Waals surface area (Å²) in [6, 6.07) is 9.21. The van der Waals surface area contributed by atoms with Gasteiger partial charge < -0.3 is 0 Å². The van der Waals surface area contributed by atoms with E-state index in [0.717, 1.165) is 6.07 Å². The number of hydrogen-bond acceptors (Lipinski definition) is 0. The van der Waals surface area contributed by atoms with Crippen molar-refractivity contribution in [3.05, 3.63) is 47.5 Å². The Morgan fingerprint density at radius 2 is 1.69 bits per heavy atom. The van der Waals surface area contributed by atoms with Gasteiger partial charge in [0.05, 0.1) is 5.56 Å². The summed E-state index contributed by atoms with van der Waals surface area (Å²) in [5.41, 5.74) is -0.848. The minimum atomic E-state index is -4.41. The van der Waals surface area contributed by atoms with E-state index in [-0.39, 0.29) is 5.56 Å². The summed E-state index contributed by atoms with van der Waals surface area (Å²) in [7, 11) is 0. The number of hydrogen-bond donors (Lipinski definition) is 0. The van der Waals surface area contributed by atoms with Gasteiger partial charge in [0.2, 0.25) is 0 Å². The number of fused-ring (bicyclic) bond motifs is 1. The molecule has 80 valence electrons. The predicted octanol–water partition coefficient (Wildman–Crippen LogP) is 3.84. The van der Waals surface area contributed by atoms with Crippen LogP contribution in [0.5, 0.6) is 0 Å². The van der Waals surface area contributed by atoms with Gasteiger partial charge >= 0.3 is 6.18 Å². The smallest absolute Gasteiger partial charge is 0.166 e. The van der Waals surface area contributed by atoms with E-state index >= 15 is 0 Å². The van der Waals surface area contributed by atoms with Crippen LogP contribution in [0.25, 0.3) is 10.8 Å². The molecule has 0 amide bonds. The van der Waals surface area contributed by atoms with E-state index < -0.39 is 11.7 Å². The van der Waals surface area contributed by atoms with Gasteiger partial charge in [0.15, 0.2) is 0 Å². The molecule has 0 spiro atoms. The zero-order valence-corrected chi connectivity index (χ0v) is 8.18. The van der Waals surface area contributed by atoms with Gasteiger partial charge in [0.1, 0.15) is 0 Å². The van der Waals surface area contributed by atoms with Gasteiger partial charge in [-0.25, -0.2) is 0 Å². The number of rotatable bonds is 0. The van der Waals surface area contributed by atoms with Crippen LogP contribution in [0.3, 0.4) is 0 Å². The zero-order valence-electron chi connectivity index (χ0n) is 8.18. The maximum absolute atomic E-state index is 12.7. The molecule has 0 heterocycles. The van der Waals surface area contributed by atoms with Crippen LogP contribution in [-0.2, 0) is 6.18 Å². The lowest BCUT2D eigenvalue weighted by molar-refractivity contribution is -0.137. The fourth-order valence-electron chi connectivity index (χ4n) is 1.66. The van der Waals surface area contributed by atoms with Crippen molar-refractivity contribution < 1.29 is 13.2 Å². The van der Waals surface area contributed by atoms with Gasteiger partial charge in [0, 0.05) is 5.56 Å². The summed E-state index contributed by atoms with van der Waals surface area (Å²) < 4.78 is 38.0. The Bertz CT molecular complexity index is 574. The molecule has 0 nitrogen and oxygen atoms in total. The zero-order chi connectivity index (χ0) is 11.8. The van der Waals surface area contributed by atoms with Crippen LogP contribution < -0.4 is 0 Å². The maximum atomic E-state index is 12.7. The fraction of sp³-hybridized carbons (Fsp3) is 0.0769. The molecular formula is C13H7F3. The average Bonchev–Trinajstić information content (AvgIpc) is 2.26. The fourth-order valence-corrected chi connectivity index (χ4v) is 1.66. The lowest BCUT2D eigenvalue weighted by Crippen LogP contribution is -2.07. The van der Waals surface area contributed by atoms with Crippen LogP contribution in [-0.4, -0.2) is 0 Å². The first-order valence-electron chi connectivity index (χ1n) is 4.59. The molecule has 0 saturated carbocycles. The van der Waals surface area contributed by atoms with E-state index in [1.807, 2.05) is 0 Å². The molecule has 0 N–H and O–H groups in total. The monoisotopic (exact) mass is 220 g/mol. The Labute approximate surface area is 90.7 Å². The highest BCUT2D eigenvalue weighted by molar-refractivity contribution is 5.89. The SMILES string of the molecule is C#Cc1c(C(F)(F)F)ccc2ccccc12. The normalized spacial score (nSPS) is 11.4. The Morgan fingerprint density at radius 1 is 1.00 bits per heavy atom. The third kappa shape index (κ3) is 1.63. The Balaban J connectivity index is 2.85. The molecule has 0 radical (unpaired) electrons. The molecule has 0 aromatic heterocycles. The average molecular weight is 220 g/mol. The number of halogens is 3. The second-order valence-corrected chi connectivity index (χ2v) is 3.35. The second-order valence-electron chi connectivity index (χ2n) is 3.35. The van der Waals surface area contributed by atoms with Crippen LogP contribution >= 0.6 is 0 Å². The number of benzene rings is 2. The van der Waals surface area contributed by atoms with Gasteiger partial charge in [-0.05, 0) is 16.8 Å². The minimum Gasteiger partial charge on any atom is -0.166 e. The Morgan fingerprint density at radius 3 is 2.31 bits per heavy atom. The first-order valence-corrected chi connectivity index (χ1v) is 4.59. The summed E-state index contributed by atoms with van der Waals surface area (Å²) in [6.07, 6.45) is 0.752. The lowest BCUT2D eigenvalue weighted by atomic mass is 9.99. The van der Waals surface area contributed by atoms with Crippen LogP contribution in [0.2, 0.25) is 0 Å². The molecule has 0 fully saturated rings. The highest BCUT2D eigenvalue weighted by Gasteiger charge is 2.33. The lowest BCUT2D eigenvalue weighted by Gasteiger charge is -2.11. The molecule has 2 aromatic carbocycles. The summed E-state index contributed by atoms with van der Waals surface area (Å²) in [5.74, 6) is 2.13. The van der Waals surface area contributed by atoms with Gasteiger partial charge in [0.25, 0.3) is 0 Å². The van der Waals surface area contributed by atoms with Gasteiger partial charge in [-0.2, -0.15) is 13.2 Å². The summed E-state index contributed by atoms with van der Waals surface area (Å²) in [4.78, 5) is 0. The van der Waals surface area contributed by atoms with E-state index in [2.05, 4.69) is 5.92 Å². The van der Waals surface area contributed by atoms with Crippen molar-refractivity contribution in [1.29, 1.82) is 0 Å². The van der Waals surface area contributed by atoms with E-state index in [1.165, 1.54) is 6.07 Å². The maximum Gasteiger partial charge on any atom is 0.417 e. The third-order valence-corrected chi connectivity index (χ3v) is 2.38. The first kappa shape index (κ1) is 10.6. The van der Waals surface area contributed by atoms with Gasteiger partial charge in [-0.15, -0.1) is 6.42 Å². The molecule has 0 bridgehead atoms. The molecule has 0 atom stereocenters. The van der Waals surface area contributed by atoms with E-state index in [0.29, 0.717) is 10.8 Å². The van der Waals surface area contributed by atoms with Crippen molar-refractivity contribution in [2.45, 2.75) is 6.18 Å². The Kier molecular flexibility index (Phi) is 2.35. The van der Waals surface area contributed by atoms with Crippen LogP contribution in [0, 0.1) is 12.3 Å². The first-order chi connectivity index (χ1) is 7.54. The van der Waals surface area contributed by atoms with Crippen molar-refractivity contribution >= 4 is 10.8 Å². The molecule has 2 aromatic rings. The van der Waals surface area contributed by atoms with Gasteiger partial charge in [-0.3, -0.25) is 0 Å². The quantitative estimate of drug-likeness (QED) is 0.592. The van der Waals surface area contributed by atoms with Gasteiger partial charge in [-0.1, -0.05) is 36.3 Å². The summed E-state index contributed by atoms with van der Waals surface area (Å²) >= 11 is 0. The van der Waals surface area contributed by atoms with E-state index in [1.54, 1.807) is 24.3 Å². The molecule has 0 aliphatic heterocycles. The van der Waals surface area contributed by atoms with Crippen LogP contribution in [0.1, 0.15) is 11.1 Å². The second kappa shape index (κ2) is 3.57. The summed E-state index contributed by atoms with van der Waals surface area (Å²) in [6.45, 7) is 0. The molecule has 3 heteroatoms. The summed E-state index contributed by atoms with van der Waals surface area (Å²) in [5, 5.41) is 1.17. The molecule has 2 rings (SSSR count). The largest absolute Gasteiger partial charge is 0.417 e. The van der Waals surface area contributed by atoms with Crippen molar-refractivity contribution in [2.24, 2.45) is 0 Å². The number of alkyl halides is 3. The molecule has 0 saturated heterocycles. The van der Waals surface area contributed by atoms with E-state index in [9.17, 15) is 13.2 Å². The highest BCUT2D eigenvalue weighted by atomic mass is 19.4. The molecule has 0 aliphatic rings. The molecule has 16 heavy (non-hydrogen) atoms. The molecular weight excluding hydrogens is 213 g/mol. The molecule has 0 unspecified atom stereocenters. The van der Waals surface area contributed by atoms with Crippen molar-refractivity contribution in [3.63, 3.8) is 0 Å². The number of terminal acetylenes is 1. The Hall–Kier alpha value is -1.95. The van der Waals surface area contributed by atoms with Crippen molar-refractivity contribution in [3.8, 4) is 12.3 Å². The van der Waals surface area contributed by atoms with Crippen molar-refractivity contribution in [2.75, 3.05) is 0 Å².